The lowest BCUT2D eigenvalue weighted by molar-refractivity contribution is -0.124. The highest BCUT2D eigenvalue weighted by Crippen LogP contribution is 2.35. The molecule has 2 aromatic carbocycles. The van der Waals surface area contributed by atoms with Crippen molar-refractivity contribution in [3.63, 3.8) is 0 Å². The molecule has 2 bridgehead atoms. The average molecular weight is 439 g/mol. The number of nitrogens with one attached hydrogen (secondary N) is 3. The molecule has 1 amide bonds. The molecule has 2 fully saturated rings. The molecule has 0 unspecified atom stereocenters. The van der Waals surface area contributed by atoms with Crippen molar-refractivity contribution >= 4 is 15.9 Å². The second-order valence-corrected chi connectivity index (χ2v) is 10.1. The van der Waals surface area contributed by atoms with Crippen LogP contribution in [0.5, 0.6) is 0 Å². The summed E-state index contributed by atoms with van der Waals surface area (Å²) >= 11 is 0. The van der Waals surface area contributed by atoms with Crippen molar-refractivity contribution in [1.82, 2.24) is 15.4 Å². The third kappa shape index (κ3) is 4.64. The first-order valence-corrected chi connectivity index (χ1v) is 12.0. The number of rotatable bonds is 7. The van der Waals surface area contributed by atoms with E-state index in [1.54, 1.807) is 24.3 Å². The molecule has 0 spiro atoms. The van der Waals surface area contributed by atoms with Gasteiger partial charge in [-0.05, 0) is 61.1 Å². The summed E-state index contributed by atoms with van der Waals surface area (Å²) in [6.45, 7) is 0. The standard InChI is InChI=1S/C23H26N4O3S/c1-25-31(29,30)21-10-7-17(8-11-21)16-4-2-15(3-5-16)12-20(14-24)27-23(28)22-18-6-9-19(13-18)26-22/h2-5,7-8,10-11,18-20,22,25-26H,6,9,12-13H2,1H3,(H,27,28)/t18-,19+,20-,22-/m0/s1. The highest BCUT2D eigenvalue weighted by atomic mass is 32.2. The Kier molecular flexibility index (Phi) is 6.10. The number of benzene rings is 2. The zero-order valence-electron chi connectivity index (χ0n) is 17.3. The van der Waals surface area contributed by atoms with Gasteiger partial charge in [0.1, 0.15) is 6.04 Å². The topological polar surface area (TPSA) is 111 Å². The molecule has 1 saturated carbocycles. The normalized spacial score (nSPS) is 23.3. The molecule has 4 rings (SSSR count). The summed E-state index contributed by atoms with van der Waals surface area (Å²) in [6.07, 6.45) is 3.70. The Morgan fingerprint density at radius 1 is 1.13 bits per heavy atom. The second kappa shape index (κ2) is 8.79. The van der Waals surface area contributed by atoms with Gasteiger partial charge in [-0.3, -0.25) is 4.79 Å². The Labute approximate surface area is 182 Å². The van der Waals surface area contributed by atoms with Gasteiger partial charge in [-0.2, -0.15) is 5.26 Å². The van der Waals surface area contributed by atoms with Gasteiger partial charge < -0.3 is 10.6 Å². The van der Waals surface area contributed by atoms with Crippen LogP contribution in [0.4, 0.5) is 0 Å². The van der Waals surface area contributed by atoms with Gasteiger partial charge in [0.25, 0.3) is 0 Å². The number of nitriles is 1. The number of amides is 1. The molecule has 31 heavy (non-hydrogen) atoms. The van der Waals surface area contributed by atoms with E-state index in [2.05, 4.69) is 21.4 Å². The Morgan fingerprint density at radius 2 is 1.77 bits per heavy atom. The number of carbonyl (C=O) groups is 1. The number of hydrogen-bond donors (Lipinski definition) is 3. The smallest absolute Gasteiger partial charge is 0.240 e. The van der Waals surface area contributed by atoms with Crippen molar-refractivity contribution < 1.29 is 13.2 Å². The first kappa shape index (κ1) is 21.5. The summed E-state index contributed by atoms with van der Waals surface area (Å²) in [6, 6.07) is 16.3. The Morgan fingerprint density at radius 3 is 2.29 bits per heavy atom. The fourth-order valence-corrected chi connectivity index (χ4v) is 5.28. The molecule has 162 valence electrons. The van der Waals surface area contributed by atoms with Gasteiger partial charge in [-0.1, -0.05) is 36.4 Å². The number of hydrogen-bond acceptors (Lipinski definition) is 5. The first-order valence-electron chi connectivity index (χ1n) is 10.5. The van der Waals surface area contributed by atoms with Crippen molar-refractivity contribution in [2.24, 2.45) is 5.92 Å². The number of carbonyl (C=O) groups excluding carboxylic acids is 1. The minimum atomic E-state index is -3.46. The van der Waals surface area contributed by atoms with E-state index in [-0.39, 0.29) is 16.8 Å². The summed E-state index contributed by atoms with van der Waals surface area (Å²) in [7, 11) is -2.08. The van der Waals surface area contributed by atoms with Crippen LogP contribution in [0.2, 0.25) is 0 Å². The van der Waals surface area contributed by atoms with Crippen LogP contribution in [0, 0.1) is 17.2 Å². The Bertz CT molecular complexity index is 1090. The summed E-state index contributed by atoms with van der Waals surface area (Å²) in [5.41, 5.74) is 2.79. The zero-order chi connectivity index (χ0) is 22.0. The maximum absolute atomic E-state index is 12.6. The maximum Gasteiger partial charge on any atom is 0.240 e. The third-order valence-corrected chi connectivity index (χ3v) is 7.71. The quantitative estimate of drug-likeness (QED) is 0.612. The molecule has 4 atom stereocenters. The molecule has 1 aliphatic heterocycles. The lowest BCUT2D eigenvalue weighted by Crippen LogP contribution is -2.50. The van der Waals surface area contributed by atoms with E-state index in [1.807, 2.05) is 24.3 Å². The highest BCUT2D eigenvalue weighted by molar-refractivity contribution is 7.89. The Hall–Kier alpha value is -2.73. The SMILES string of the molecule is CNS(=O)(=O)c1ccc(-c2ccc(C[C@@H](C#N)NC(=O)[C@H]3N[C@@H]4CC[C@H]3C4)cc2)cc1. The fourth-order valence-electron chi connectivity index (χ4n) is 4.55. The molecule has 0 radical (unpaired) electrons. The predicted octanol–water partition coefficient (Wildman–Crippen LogP) is 1.95. The number of piperidine rings is 1. The van der Waals surface area contributed by atoms with Crippen molar-refractivity contribution in [2.75, 3.05) is 7.05 Å². The van der Waals surface area contributed by atoms with Crippen LogP contribution < -0.4 is 15.4 Å². The summed E-state index contributed by atoms with van der Waals surface area (Å²) in [5.74, 6) is 0.310. The minimum absolute atomic E-state index is 0.0769. The van der Waals surface area contributed by atoms with Crippen LogP contribution in [0.15, 0.2) is 53.4 Å². The summed E-state index contributed by atoms with van der Waals surface area (Å²) in [4.78, 5) is 12.8. The van der Waals surface area contributed by atoms with Crippen LogP contribution in [0.3, 0.4) is 0 Å². The van der Waals surface area contributed by atoms with Crippen LogP contribution in [-0.4, -0.2) is 39.5 Å². The van der Waals surface area contributed by atoms with Gasteiger partial charge in [0.15, 0.2) is 0 Å². The fraction of sp³-hybridized carbons (Fsp3) is 0.391. The number of sulfonamides is 1. The number of nitrogens with zero attached hydrogens (tertiary/aromatic N) is 1. The molecular weight excluding hydrogens is 412 g/mol. The monoisotopic (exact) mass is 438 g/mol. The van der Waals surface area contributed by atoms with E-state index in [4.69, 9.17) is 0 Å². The van der Waals surface area contributed by atoms with E-state index in [1.165, 1.54) is 7.05 Å². The van der Waals surface area contributed by atoms with E-state index in [9.17, 15) is 18.5 Å². The van der Waals surface area contributed by atoms with Crippen LogP contribution in [-0.2, 0) is 21.2 Å². The minimum Gasteiger partial charge on any atom is -0.339 e. The molecule has 1 saturated heterocycles. The van der Waals surface area contributed by atoms with E-state index in [0.717, 1.165) is 36.0 Å². The third-order valence-electron chi connectivity index (χ3n) is 6.28. The van der Waals surface area contributed by atoms with Crippen molar-refractivity contribution in [3.8, 4) is 17.2 Å². The molecule has 8 heteroatoms. The van der Waals surface area contributed by atoms with E-state index in [0.29, 0.717) is 18.4 Å². The lowest BCUT2D eigenvalue weighted by atomic mass is 9.98. The second-order valence-electron chi connectivity index (χ2n) is 8.24. The molecule has 1 aliphatic carbocycles. The zero-order valence-corrected chi connectivity index (χ0v) is 18.2. The molecule has 0 aromatic heterocycles. The molecular formula is C23H26N4O3S. The molecule has 1 heterocycles. The predicted molar refractivity (Wildman–Crippen MR) is 117 cm³/mol. The lowest BCUT2D eigenvalue weighted by Gasteiger charge is -2.23. The van der Waals surface area contributed by atoms with Crippen molar-refractivity contribution in [3.05, 3.63) is 54.1 Å². The van der Waals surface area contributed by atoms with Crippen LogP contribution >= 0.6 is 0 Å². The molecule has 3 N–H and O–H groups in total. The highest BCUT2D eigenvalue weighted by Gasteiger charge is 2.43. The van der Waals surface area contributed by atoms with Gasteiger partial charge in [0.05, 0.1) is 17.0 Å². The number of fused-ring (bicyclic) bond motifs is 2. The van der Waals surface area contributed by atoms with Crippen LogP contribution in [0.1, 0.15) is 24.8 Å². The van der Waals surface area contributed by atoms with Crippen LogP contribution in [0.25, 0.3) is 11.1 Å². The Balaban J connectivity index is 1.38. The van der Waals surface area contributed by atoms with E-state index >= 15 is 0 Å². The van der Waals surface area contributed by atoms with Gasteiger partial charge >= 0.3 is 0 Å². The molecule has 2 aromatic rings. The van der Waals surface area contributed by atoms with Crippen molar-refractivity contribution in [2.45, 2.75) is 48.7 Å². The first-order chi connectivity index (χ1) is 14.9. The molecule has 2 aliphatic rings. The van der Waals surface area contributed by atoms with Gasteiger partial charge in [0, 0.05) is 12.5 Å². The maximum atomic E-state index is 12.6. The van der Waals surface area contributed by atoms with Gasteiger partial charge in [-0.15, -0.1) is 0 Å². The largest absolute Gasteiger partial charge is 0.339 e. The average Bonchev–Trinajstić information content (AvgIpc) is 3.43. The van der Waals surface area contributed by atoms with E-state index < -0.39 is 16.1 Å². The summed E-state index contributed by atoms with van der Waals surface area (Å²) < 4.78 is 26.0. The molecule has 7 nitrogen and oxygen atoms in total. The summed E-state index contributed by atoms with van der Waals surface area (Å²) in [5, 5.41) is 15.8. The van der Waals surface area contributed by atoms with Crippen molar-refractivity contribution in [1.29, 1.82) is 5.26 Å². The van der Waals surface area contributed by atoms with Gasteiger partial charge in [-0.25, -0.2) is 13.1 Å². The van der Waals surface area contributed by atoms with Gasteiger partial charge in [0.2, 0.25) is 15.9 Å².